The van der Waals surface area contributed by atoms with Gasteiger partial charge in [0, 0.05) is 26.8 Å². The summed E-state index contributed by atoms with van der Waals surface area (Å²) in [7, 11) is -1.57. The minimum absolute atomic E-state index is 0.264. The van der Waals surface area contributed by atoms with Crippen LogP contribution in [0.2, 0.25) is 0 Å². The van der Waals surface area contributed by atoms with Gasteiger partial charge in [-0.1, -0.05) is 13.3 Å². The molecule has 0 amide bonds. The van der Waals surface area contributed by atoms with Gasteiger partial charge in [0.1, 0.15) is 12.4 Å². The maximum atomic E-state index is 12.3. The zero-order valence-electron chi connectivity index (χ0n) is 13.9. The third kappa shape index (κ3) is 5.09. The highest BCUT2D eigenvalue weighted by Crippen LogP contribution is 2.32. The molecule has 1 aromatic carbocycles. The van der Waals surface area contributed by atoms with Crippen molar-refractivity contribution in [2.75, 3.05) is 44.9 Å². The molecule has 7 heteroatoms. The van der Waals surface area contributed by atoms with Crippen molar-refractivity contribution in [3.05, 3.63) is 18.2 Å². The van der Waals surface area contributed by atoms with Gasteiger partial charge in [-0.25, -0.2) is 13.1 Å². The lowest BCUT2D eigenvalue weighted by atomic mass is 10.2. The zero-order chi connectivity index (χ0) is 16.7. The van der Waals surface area contributed by atoms with Crippen LogP contribution < -0.4 is 14.4 Å². The molecule has 1 heterocycles. The highest BCUT2D eigenvalue weighted by atomic mass is 32.2. The van der Waals surface area contributed by atoms with Crippen LogP contribution in [0.3, 0.4) is 0 Å². The Morgan fingerprint density at radius 3 is 2.87 bits per heavy atom. The number of nitrogens with one attached hydrogen (secondary N) is 1. The maximum absolute atomic E-state index is 12.3. The fraction of sp³-hybridized carbons (Fsp3) is 0.625. The highest BCUT2D eigenvalue weighted by Gasteiger charge is 2.20. The highest BCUT2D eigenvalue weighted by molar-refractivity contribution is 7.89. The summed E-state index contributed by atoms with van der Waals surface area (Å²) in [4.78, 5) is 2.26. The van der Waals surface area contributed by atoms with E-state index in [2.05, 4.69) is 11.6 Å². The van der Waals surface area contributed by atoms with Crippen LogP contribution in [0, 0.1) is 0 Å². The second kappa shape index (κ2) is 8.52. The van der Waals surface area contributed by atoms with E-state index in [1.54, 1.807) is 18.2 Å². The van der Waals surface area contributed by atoms with Crippen LogP contribution in [0.4, 0.5) is 5.69 Å². The Labute approximate surface area is 138 Å². The van der Waals surface area contributed by atoms with Gasteiger partial charge in [-0.05, 0) is 31.0 Å². The number of nitrogens with zero attached hydrogens (tertiary/aromatic N) is 1. The number of ether oxygens (including phenoxy) is 2. The molecular weight excluding hydrogens is 316 g/mol. The molecular formula is C16H26N2O4S. The molecule has 1 aromatic rings. The number of fused-ring (bicyclic) bond motifs is 1. The van der Waals surface area contributed by atoms with Crippen molar-refractivity contribution in [3.63, 3.8) is 0 Å². The lowest BCUT2D eigenvalue weighted by molar-refractivity contribution is 0.130. The number of hydrogen-bond donors (Lipinski definition) is 1. The molecule has 0 aromatic heterocycles. The molecule has 0 radical (unpaired) electrons. The summed E-state index contributed by atoms with van der Waals surface area (Å²) in [6.45, 7) is 5.16. The Hall–Kier alpha value is -1.31. The van der Waals surface area contributed by atoms with Crippen molar-refractivity contribution in [2.45, 2.75) is 31.1 Å². The first kappa shape index (κ1) is 18.0. The molecule has 1 aliphatic rings. The van der Waals surface area contributed by atoms with Crippen LogP contribution in [-0.4, -0.2) is 48.4 Å². The van der Waals surface area contributed by atoms with E-state index in [-0.39, 0.29) is 4.90 Å². The number of benzene rings is 1. The zero-order valence-corrected chi connectivity index (χ0v) is 14.7. The minimum atomic E-state index is -3.50. The molecule has 23 heavy (non-hydrogen) atoms. The first-order valence-corrected chi connectivity index (χ1v) is 9.58. The molecule has 130 valence electrons. The summed E-state index contributed by atoms with van der Waals surface area (Å²) in [5.74, 6) is 0.724. The molecule has 2 rings (SSSR count). The van der Waals surface area contributed by atoms with Gasteiger partial charge < -0.3 is 14.4 Å². The van der Waals surface area contributed by atoms with Crippen LogP contribution in [-0.2, 0) is 14.8 Å². The number of rotatable bonds is 9. The fourth-order valence-corrected chi connectivity index (χ4v) is 3.40. The summed E-state index contributed by atoms with van der Waals surface area (Å²) in [5, 5.41) is 0. The molecule has 1 aliphatic heterocycles. The van der Waals surface area contributed by atoms with Gasteiger partial charge in [0.05, 0.1) is 17.1 Å². The monoisotopic (exact) mass is 342 g/mol. The van der Waals surface area contributed by atoms with E-state index in [0.717, 1.165) is 37.4 Å². The quantitative estimate of drug-likeness (QED) is 0.695. The molecule has 0 saturated carbocycles. The molecule has 0 aliphatic carbocycles. The number of likely N-dealkylation sites (N-methyl/N-ethyl adjacent to an activating group) is 1. The Kier molecular flexibility index (Phi) is 6.68. The van der Waals surface area contributed by atoms with Crippen LogP contribution >= 0.6 is 0 Å². The van der Waals surface area contributed by atoms with Crippen LogP contribution in [0.25, 0.3) is 0 Å². The van der Waals surface area contributed by atoms with Crippen LogP contribution in [0.1, 0.15) is 26.2 Å². The van der Waals surface area contributed by atoms with E-state index in [1.807, 2.05) is 11.9 Å². The predicted molar refractivity (Wildman–Crippen MR) is 90.7 cm³/mol. The van der Waals surface area contributed by atoms with E-state index >= 15 is 0 Å². The molecule has 0 spiro atoms. The van der Waals surface area contributed by atoms with Gasteiger partial charge in [0.25, 0.3) is 0 Å². The van der Waals surface area contributed by atoms with Crippen molar-refractivity contribution in [2.24, 2.45) is 0 Å². The Morgan fingerprint density at radius 2 is 2.09 bits per heavy atom. The smallest absolute Gasteiger partial charge is 0.240 e. The van der Waals surface area contributed by atoms with Crippen LogP contribution in [0.5, 0.6) is 5.75 Å². The summed E-state index contributed by atoms with van der Waals surface area (Å²) < 4.78 is 38.3. The van der Waals surface area contributed by atoms with Gasteiger partial charge in [0.2, 0.25) is 10.0 Å². The number of unbranched alkanes of at least 4 members (excludes halogenated alkanes) is 1. The molecule has 0 saturated heterocycles. The standard InChI is InChI=1S/C16H26N2O4S/c1-3-4-10-21-11-5-8-17-23(19,20)14-6-7-16-15(13-14)18(2)9-12-22-16/h6-7,13,17H,3-5,8-12H2,1-2H3. The third-order valence-electron chi connectivity index (χ3n) is 3.74. The van der Waals surface area contributed by atoms with Crippen molar-refractivity contribution < 1.29 is 17.9 Å². The van der Waals surface area contributed by atoms with Gasteiger partial charge in [-0.15, -0.1) is 0 Å². The fourth-order valence-electron chi connectivity index (χ4n) is 2.31. The maximum Gasteiger partial charge on any atom is 0.240 e. The topological polar surface area (TPSA) is 67.9 Å². The second-order valence-electron chi connectivity index (χ2n) is 5.62. The van der Waals surface area contributed by atoms with Crippen LogP contribution in [0.15, 0.2) is 23.1 Å². The Morgan fingerprint density at radius 1 is 1.30 bits per heavy atom. The van der Waals surface area contributed by atoms with Gasteiger partial charge >= 0.3 is 0 Å². The largest absolute Gasteiger partial charge is 0.490 e. The number of sulfonamides is 1. The van der Waals surface area contributed by atoms with Crippen molar-refractivity contribution in [1.82, 2.24) is 4.72 Å². The lowest BCUT2D eigenvalue weighted by Crippen LogP contribution is -2.30. The Balaban J connectivity index is 1.88. The van der Waals surface area contributed by atoms with Gasteiger partial charge in [0.15, 0.2) is 0 Å². The molecule has 0 atom stereocenters. The van der Waals surface area contributed by atoms with Crippen molar-refractivity contribution >= 4 is 15.7 Å². The third-order valence-corrected chi connectivity index (χ3v) is 5.19. The summed E-state index contributed by atoms with van der Waals surface area (Å²) in [5.41, 5.74) is 0.807. The van der Waals surface area contributed by atoms with E-state index in [9.17, 15) is 8.42 Å². The van der Waals surface area contributed by atoms with E-state index in [0.29, 0.717) is 26.2 Å². The van der Waals surface area contributed by atoms with E-state index in [4.69, 9.17) is 9.47 Å². The van der Waals surface area contributed by atoms with Crippen molar-refractivity contribution in [1.29, 1.82) is 0 Å². The second-order valence-corrected chi connectivity index (χ2v) is 7.38. The molecule has 0 fully saturated rings. The SMILES string of the molecule is CCCCOCCCNS(=O)(=O)c1ccc2c(c1)N(C)CCO2. The average Bonchev–Trinajstić information content (AvgIpc) is 2.54. The minimum Gasteiger partial charge on any atom is -0.490 e. The lowest BCUT2D eigenvalue weighted by Gasteiger charge is -2.28. The number of anilines is 1. The number of hydrogen-bond acceptors (Lipinski definition) is 5. The first-order valence-electron chi connectivity index (χ1n) is 8.10. The van der Waals surface area contributed by atoms with E-state index in [1.165, 1.54) is 0 Å². The predicted octanol–water partition coefficient (Wildman–Crippen LogP) is 2.00. The molecule has 0 unspecified atom stereocenters. The van der Waals surface area contributed by atoms with Gasteiger partial charge in [-0.3, -0.25) is 0 Å². The average molecular weight is 342 g/mol. The van der Waals surface area contributed by atoms with E-state index < -0.39 is 10.0 Å². The molecule has 1 N–H and O–H groups in total. The Bertz CT molecular complexity index is 604. The van der Waals surface area contributed by atoms with Gasteiger partial charge in [-0.2, -0.15) is 0 Å². The summed E-state index contributed by atoms with van der Waals surface area (Å²) >= 11 is 0. The van der Waals surface area contributed by atoms with Crippen molar-refractivity contribution in [3.8, 4) is 5.75 Å². The summed E-state index contributed by atoms with van der Waals surface area (Å²) in [6, 6.07) is 4.96. The first-order chi connectivity index (χ1) is 11.0. The normalized spacial score (nSPS) is 14.4. The molecule has 0 bridgehead atoms. The molecule has 6 nitrogen and oxygen atoms in total. The summed E-state index contributed by atoms with van der Waals surface area (Å²) in [6.07, 6.45) is 2.80.